The molecule has 1 aromatic heterocycles. The molecule has 5 nitrogen and oxygen atoms in total. The van der Waals surface area contributed by atoms with Crippen molar-refractivity contribution in [2.45, 2.75) is 19.2 Å². The van der Waals surface area contributed by atoms with Crippen molar-refractivity contribution >= 4 is 27.8 Å². The number of hydrazone groups is 1. The fourth-order valence-electron chi connectivity index (χ4n) is 1.72. The van der Waals surface area contributed by atoms with Gasteiger partial charge in [0.15, 0.2) is 5.17 Å². The zero-order chi connectivity index (χ0) is 12.3. The van der Waals surface area contributed by atoms with E-state index in [4.69, 9.17) is 11.6 Å². The highest BCUT2D eigenvalue weighted by Gasteiger charge is 2.09. The van der Waals surface area contributed by atoms with Crippen molar-refractivity contribution in [2.75, 3.05) is 0 Å². The zero-order valence-corrected chi connectivity index (χ0v) is 10.4. The summed E-state index contributed by atoms with van der Waals surface area (Å²) in [6, 6.07) is 8.17. The summed E-state index contributed by atoms with van der Waals surface area (Å²) < 4.78 is 1.99. The molecule has 0 unspecified atom stereocenters. The van der Waals surface area contributed by atoms with Crippen LogP contribution in [0.5, 0.6) is 0 Å². The van der Waals surface area contributed by atoms with Crippen LogP contribution >= 0.6 is 11.8 Å². The Kier molecular flexibility index (Phi) is 3.53. The monoisotopic (exact) mass is 249 g/mol. The lowest BCUT2D eigenvalue weighted by Gasteiger charge is -1.96. The summed E-state index contributed by atoms with van der Waals surface area (Å²) in [5.74, 6) is 5.78. The zero-order valence-electron chi connectivity index (χ0n) is 9.63. The van der Waals surface area contributed by atoms with Crippen molar-refractivity contribution in [3.8, 4) is 0 Å². The van der Waals surface area contributed by atoms with Gasteiger partial charge in [0, 0.05) is 17.7 Å². The van der Waals surface area contributed by atoms with Gasteiger partial charge in [-0.1, -0.05) is 30.0 Å². The second-order valence-corrected chi connectivity index (χ2v) is 4.53. The summed E-state index contributed by atoms with van der Waals surface area (Å²) in [5, 5.41) is 9.53. The molecule has 17 heavy (non-hydrogen) atoms. The first-order valence-electron chi connectivity index (χ1n) is 5.36. The van der Waals surface area contributed by atoms with Crippen molar-refractivity contribution in [2.24, 2.45) is 16.7 Å². The lowest BCUT2D eigenvalue weighted by atomic mass is 10.2. The average molecular weight is 249 g/mol. The molecule has 0 amide bonds. The van der Waals surface area contributed by atoms with Crippen molar-refractivity contribution in [1.82, 2.24) is 9.78 Å². The molecule has 2 rings (SSSR count). The minimum absolute atomic E-state index is 0.375. The van der Waals surface area contributed by atoms with Gasteiger partial charge in [-0.05, 0) is 13.0 Å². The van der Waals surface area contributed by atoms with E-state index in [0.717, 1.165) is 23.1 Å². The molecule has 0 saturated heterocycles. The van der Waals surface area contributed by atoms with E-state index in [2.05, 4.69) is 29.3 Å². The van der Waals surface area contributed by atoms with Crippen molar-refractivity contribution in [1.29, 1.82) is 0 Å². The predicted octanol–water partition coefficient (Wildman–Crippen LogP) is 1.48. The van der Waals surface area contributed by atoms with E-state index >= 15 is 0 Å². The number of amidine groups is 1. The van der Waals surface area contributed by atoms with Gasteiger partial charge in [0.25, 0.3) is 0 Å². The van der Waals surface area contributed by atoms with Crippen LogP contribution in [0.1, 0.15) is 12.6 Å². The third kappa shape index (κ3) is 2.36. The van der Waals surface area contributed by atoms with E-state index in [1.165, 1.54) is 11.8 Å². The minimum Gasteiger partial charge on any atom is -0.377 e. The van der Waals surface area contributed by atoms with Crippen LogP contribution in [-0.4, -0.2) is 14.9 Å². The molecule has 0 fully saturated rings. The average Bonchev–Trinajstić information content (AvgIpc) is 2.74. The van der Waals surface area contributed by atoms with Gasteiger partial charge in [-0.15, -0.1) is 0 Å². The Morgan fingerprint density at radius 1 is 1.47 bits per heavy atom. The SMILES string of the molecule is CCn1nc(CSC(N)=NN)c2ccccc21. The Bertz CT molecular complexity index is 546. The Labute approximate surface area is 104 Å². The molecule has 1 heterocycles. The first-order chi connectivity index (χ1) is 8.26. The third-order valence-corrected chi connectivity index (χ3v) is 3.34. The maximum Gasteiger partial charge on any atom is 0.177 e. The highest BCUT2D eigenvalue weighted by Crippen LogP contribution is 2.22. The molecule has 90 valence electrons. The molecular weight excluding hydrogens is 234 g/mol. The quantitative estimate of drug-likeness (QED) is 0.373. The van der Waals surface area contributed by atoms with Gasteiger partial charge in [0.05, 0.1) is 11.2 Å². The highest BCUT2D eigenvalue weighted by molar-refractivity contribution is 8.13. The van der Waals surface area contributed by atoms with Gasteiger partial charge in [0.1, 0.15) is 0 Å². The molecule has 0 radical (unpaired) electrons. The predicted molar refractivity (Wildman–Crippen MR) is 72.5 cm³/mol. The second-order valence-electron chi connectivity index (χ2n) is 3.54. The first kappa shape index (κ1) is 11.8. The molecule has 0 aliphatic rings. The molecule has 6 heteroatoms. The standard InChI is InChI=1S/C11H15N5S/c1-2-16-10-6-4-3-5-8(10)9(15-16)7-17-11(12)14-13/h3-6H,2,7,13H2,1H3,(H2,12,14). The molecule has 4 N–H and O–H groups in total. The number of aryl methyl sites for hydroxylation is 1. The van der Waals surface area contributed by atoms with Gasteiger partial charge in [-0.3, -0.25) is 4.68 Å². The summed E-state index contributed by atoms with van der Waals surface area (Å²) in [4.78, 5) is 0. The maximum atomic E-state index is 5.56. The summed E-state index contributed by atoms with van der Waals surface area (Å²) in [5.41, 5.74) is 7.72. The van der Waals surface area contributed by atoms with E-state index in [9.17, 15) is 0 Å². The highest BCUT2D eigenvalue weighted by atomic mass is 32.2. The van der Waals surface area contributed by atoms with Gasteiger partial charge in [-0.2, -0.15) is 10.2 Å². The largest absolute Gasteiger partial charge is 0.377 e. The lowest BCUT2D eigenvalue weighted by Crippen LogP contribution is -2.09. The molecule has 0 bridgehead atoms. The number of fused-ring (bicyclic) bond motifs is 1. The smallest absolute Gasteiger partial charge is 0.177 e. The van der Waals surface area contributed by atoms with E-state index in [1.54, 1.807) is 0 Å². The van der Waals surface area contributed by atoms with Crippen LogP contribution in [0.4, 0.5) is 0 Å². The summed E-state index contributed by atoms with van der Waals surface area (Å²) in [6.45, 7) is 2.93. The van der Waals surface area contributed by atoms with Crippen molar-refractivity contribution < 1.29 is 0 Å². The Hall–Kier alpha value is -1.69. The van der Waals surface area contributed by atoms with Crippen LogP contribution in [0.2, 0.25) is 0 Å². The first-order valence-corrected chi connectivity index (χ1v) is 6.35. The van der Waals surface area contributed by atoms with Crippen molar-refractivity contribution in [3.63, 3.8) is 0 Å². The number of rotatable bonds is 3. The fraction of sp³-hybridized carbons (Fsp3) is 0.273. The summed E-state index contributed by atoms with van der Waals surface area (Å²) in [7, 11) is 0. The Morgan fingerprint density at radius 3 is 2.94 bits per heavy atom. The van der Waals surface area contributed by atoms with E-state index in [0.29, 0.717) is 10.9 Å². The lowest BCUT2D eigenvalue weighted by molar-refractivity contribution is 0.675. The molecule has 0 aliphatic heterocycles. The number of benzene rings is 1. The van der Waals surface area contributed by atoms with E-state index in [-0.39, 0.29) is 0 Å². The number of hydrogen-bond acceptors (Lipinski definition) is 4. The molecule has 0 saturated carbocycles. The normalized spacial score (nSPS) is 12.2. The molecular formula is C11H15N5S. The van der Waals surface area contributed by atoms with Gasteiger partial charge in [0.2, 0.25) is 0 Å². The summed E-state index contributed by atoms with van der Waals surface area (Å²) in [6.07, 6.45) is 0. The number of para-hydroxylation sites is 1. The van der Waals surface area contributed by atoms with Crippen LogP contribution in [0.3, 0.4) is 0 Å². The van der Waals surface area contributed by atoms with Crippen LogP contribution < -0.4 is 11.6 Å². The van der Waals surface area contributed by atoms with Crippen LogP contribution in [0, 0.1) is 0 Å². The molecule has 0 spiro atoms. The van der Waals surface area contributed by atoms with Crippen LogP contribution in [0.15, 0.2) is 29.4 Å². The number of nitrogens with two attached hydrogens (primary N) is 2. The molecule has 1 aromatic carbocycles. The topological polar surface area (TPSA) is 82.2 Å². The van der Waals surface area contributed by atoms with E-state index in [1.807, 2.05) is 16.8 Å². The summed E-state index contributed by atoms with van der Waals surface area (Å²) >= 11 is 1.40. The third-order valence-electron chi connectivity index (χ3n) is 2.52. The Balaban J connectivity index is 2.34. The Morgan fingerprint density at radius 2 is 2.24 bits per heavy atom. The number of nitrogens with zero attached hydrogens (tertiary/aromatic N) is 3. The van der Waals surface area contributed by atoms with E-state index < -0.39 is 0 Å². The van der Waals surface area contributed by atoms with Gasteiger partial charge >= 0.3 is 0 Å². The molecule has 2 aromatic rings. The minimum atomic E-state index is 0.375. The fourth-order valence-corrected chi connectivity index (χ4v) is 2.30. The number of aromatic nitrogens is 2. The second kappa shape index (κ2) is 5.09. The van der Waals surface area contributed by atoms with Crippen molar-refractivity contribution in [3.05, 3.63) is 30.0 Å². The number of hydrogen-bond donors (Lipinski definition) is 2. The van der Waals surface area contributed by atoms with Crippen LogP contribution in [-0.2, 0) is 12.3 Å². The molecule has 0 atom stereocenters. The van der Waals surface area contributed by atoms with Crippen LogP contribution in [0.25, 0.3) is 10.9 Å². The van der Waals surface area contributed by atoms with Gasteiger partial charge in [-0.25, -0.2) is 0 Å². The maximum absolute atomic E-state index is 5.56. The van der Waals surface area contributed by atoms with Gasteiger partial charge < -0.3 is 11.6 Å². The molecule has 0 aliphatic carbocycles. The number of thioether (sulfide) groups is 1.